The van der Waals surface area contributed by atoms with Crippen molar-refractivity contribution in [3.63, 3.8) is 0 Å². The number of nitrogen functional groups attached to an aromatic ring is 2. The van der Waals surface area contributed by atoms with Gasteiger partial charge in [0.25, 0.3) is 0 Å². The van der Waals surface area contributed by atoms with Crippen LogP contribution in [0.2, 0.25) is 0 Å². The monoisotopic (exact) mass is 166 g/mol. The molecule has 0 radical (unpaired) electrons. The number of rotatable bonds is 1. The summed E-state index contributed by atoms with van der Waals surface area (Å²) in [7, 11) is 0. The molecule has 0 saturated heterocycles. The summed E-state index contributed by atoms with van der Waals surface area (Å²) >= 11 is 4.79. The fourth-order valence-corrected chi connectivity index (χ4v) is 1.34. The largest absolute Gasteiger partial charge is 0.399 e. The van der Waals surface area contributed by atoms with Gasteiger partial charge in [0.05, 0.1) is 0 Å². The summed E-state index contributed by atoms with van der Waals surface area (Å²) in [5.74, 6) is 0. The van der Waals surface area contributed by atoms with Gasteiger partial charge in [-0.1, -0.05) is 12.2 Å². The fraction of sp³-hybridized carbons (Fsp3) is 0.125. The zero-order valence-corrected chi connectivity index (χ0v) is 7.11. The van der Waals surface area contributed by atoms with Crippen LogP contribution in [-0.2, 0) is 0 Å². The maximum Gasteiger partial charge on any atom is 0.0419 e. The Labute approximate surface area is 71.2 Å². The second kappa shape index (κ2) is 2.88. The smallest absolute Gasteiger partial charge is 0.0419 e. The molecule has 1 rings (SSSR count). The molecule has 0 aliphatic rings. The molecule has 1 aromatic carbocycles. The highest BCUT2D eigenvalue weighted by Gasteiger charge is 2.00. The molecular formula is C8H10N2S. The Kier molecular flexibility index (Phi) is 2.10. The number of hydrogen-bond donors (Lipinski definition) is 2. The minimum absolute atomic E-state index is 0.650. The summed E-state index contributed by atoms with van der Waals surface area (Å²) in [6, 6.07) is 3.57. The third kappa shape index (κ3) is 1.49. The van der Waals surface area contributed by atoms with E-state index in [-0.39, 0.29) is 0 Å². The Morgan fingerprint density at radius 2 is 2.00 bits per heavy atom. The molecule has 0 unspecified atom stereocenters. The number of thiocarbonyl (C=S) groups is 1. The Morgan fingerprint density at radius 3 is 2.45 bits per heavy atom. The molecule has 0 amide bonds. The molecule has 0 atom stereocenters. The lowest BCUT2D eigenvalue weighted by Crippen LogP contribution is -1.97. The van der Waals surface area contributed by atoms with Gasteiger partial charge in [0, 0.05) is 22.3 Å². The van der Waals surface area contributed by atoms with E-state index in [1.54, 1.807) is 11.4 Å². The topological polar surface area (TPSA) is 52.0 Å². The van der Waals surface area contributed by atoms with E-state index in [1.165, 1.54) is 0 Å². The summed E-state index contributed by atoms with van der Waals surface area (Å²) in [5, 5.41) is 1.57. The lowest BCUT2D eigenvalue weighted by molar-refractivity contribution is 1.46. The number of hydrogen-bond acceptors (Lipinski definition) is 3. The van der Waals surface area contributed by atoms with Crippen LogP contribution in [0.1, 0.15) is 11.1 Å². The van der Waals surface area contributed by atoms with Crippen molar-refractivity contribution in [1.29, 1.82) is 0 Å². The predicted octanol–water partition coefficient (Wildman–Crippen LogP) is 1.51. The Hall–Kier alpha value is -1.09. The van der Waals surface area contributed by atoms with Crippen LogP contribution in [0.5, 0.6) is 0 Å². The van der Waals surface area contributed by atoms with E-state index in [2.05, 4.69) is 0 Å². The summed E-state index contributed by atoms with van der Waals surface area (Å²) in [4.78, 5) is 0. The first-order valence-electron chi connectivity index (χ1n) is 3.26. The van der Waals surface area contributed by atoms with E-state index in [4.69, 9.17) is 23.7 Å². The highest BCUT2D eigenvalue weighted by atomic mass is 32.1. The average molecular weight is 166 g/mol. The molecule has 0 heterocycles. The van der Waals surface area contributed by atoms with E-state index in [1.807, 2.05) is 13.0 Å². The van der Waals surface area contributed by atoms with Gasteiger partial charge in [0.2, 0.25) is 0 Å². The molecule has 2 nitrogen and oxygen atoms in total. The second-order valence-corrected chi connectivity index (χ2v) is 2.69. The van der Waals surface area contributed by atoms with E-state index in [0.29, 0.717) is 11.4 Å². The molecular weight excluding hydrogens is 156 g/mol. The van der Waals surface area contributed by atoms with Gasteiger partial charge in [-0.05, 0) is 24.6 Å². The van der Waals surface area contributed by atoms with Gasteiger partial charge >= 0.3 is 0 Å². The first-order valence-corrected chi connectivity index (χ1v) is 3.73. The molecule has 0 aliphatic heterocycles. The maximum atomic E-state index is 5.65. The number of nitrogens with two attached hydrogens (primary N) is 2. The molecule has 1 aromatic rings. The second-order valence-electron chi connectivity index (χ2n) is 2.46. The van der Waals surface area contributed by atoms with Gasteiger partial charge in [-0.2, -0.15) is 0 Å². The number of anilines is 2. The van der Waals surface area contributed by atoms with Crippen molar-refractivity contribution in [3.05, 3.63) is 23.3 Å². The normalized spacial score (nSPS) is 9.55. The van der Waals surface area contributed by atoms with Crippen molar-refractivity contribution in [2.24, 2.45) is 0 Å². The highest BCUT2D eigenvalue weighted by molar-refractivity contribution is 7.79. The molecule has 0 saturated carbocycles. The van der Waals surface area contributed by atoms with Crippen molar-refractivity contribution in [1.82, 2.24) is 0 Å². The molecule has 0 aliphatic carbocycles. The van der Waals surface area contributed by atoms with Crippen molar-refractivity contribution >= 4 is 29.0 Å². The van der Waals surface area contributed by atoms with Crippen LogP contribution in [0.4, 0.5) is 11.4 Å². The van der Waals surface area contributed by atoms with Crippen LogP contribution in [0, 0.1) is 6.92 Å². The molecule has 58 valence electrons. The van der Waals surface area contributed by atoms with E-state index >= 15 is 0 Å². The zero-order valence-electron chi connectivity index (χ0n) is 6.29. The zero-order chi connectivity index (χ0) is 8.43. The fourth-order valence-electron chi connectivity index (χ4n) is 1.02. The predicted molar refractivity (Wildman–Crippen MR) is 52.8 cm³/mol. The molecule has 0 bridgehead atoms. The molecule has 4 N–H and O–H groups in total. The average Bonchev–Trinajstić information content (AvgIpc) is 1.85. The Balaban J connectivity index is 3.36. The van der Waals surface area contributed by atoms with Crippen LogP contribution in [-0.4, -0.2) is 5.37 Å². The van der Waals surface area contributed by atoms with Gasteiger partial charge < -0.3 is 11.5 Å². The number of aryl methyl sites for hydroxylation is 1. The maximum absolute atomic E-state index is 5.65. The van der Waals surface area contributed by atoms with Gasteiger partial charge in [0.1, 0.15) is 0 Å². The molecule has 11 heavy (non-hydrogen) atoms. The quantitative estimate of drug-likeness (QED) is 0.491. The first kappa shape index (κ1) is 8.01. The summed E-state index contributed by atoms with van der Waals surface area (Å²) in [6.45, 7) is 1.94. The number of benzene rings is 1. The molecule has 3 heteroatoms. The molecule has 0 spiro atoms. The van der Waals surface area contributed by atoms with Gasteiger partial charge in [-0.15, -0.1) is 0 Å². The van der Waals surface area contributed by atoms with Crippen LogP contribution in [0.25, 0.3) is 0 Å². The third-order valence-electron chi connectivity index (χ3n) is 1.56. The van der Waals surface area contributed by atoms with Crippen molar-refractivity contribution in [3.8, 4) is 0 Å². The SMILES string of the molecule is Cc1cc(N)cc(N)c1C=S. The minimum atomic E-state index is 0.650. The molecule has 0 fully saturated rings. The minimum Gasteiger partial charge on any atom is -0.399 e. The summed E-state index contributed by atoms with van der Waals surface area (Å²) in [5.41, 5.74) is 14.5. The lowest BCUT2D eigenvalue weighted by atomic mass is 10.1. The van der Waals surface area contributed by atoms with E-state index in [0.717, 1.165) is 11.1 Å². The standard InChI is InChI=1S/C8H10N2S/c1-5-2-6(9)3-8(10)7(5)4-11/h2-4H,9-10H2,1H3. The van der Waals surface area contributed by atoms with Crippen LogP contribution in [0.3, 0.4) is 0 Å². The van der Waals surface area contributed by atoms with Crippen molar-refractivity contribution in [2.75, 3.05) is 11.5 Å². The van der Waals surface area contributed by atoms with Gasteiger partial charge in [-0.25, -0.2) is 0 Å². The van der Waals surface area contributed by atoms with Crippen molar-refractivity contribution < 1.29 is 0 Å². The third-order valence-corrected chi connectivity index (χ3v) is 1.79. The van der Waals surface area contributed by atoms with Gasteiger partial charge in [0.15, 0.2) is 0 Å². The van der Waals surface area contributed by atoms with Crippen LogP contribution >= 0.6 is 12.2 Å². The summed E-state index contributed by atoms with van der Waals surface area (Å²) in [6.07, 6.45) is 0. The first-order chi connectivity index (χ1) is 5.15. The van der Waals surface area contributed by atoms with Crippen LogP contribution < -0.4 is 11.5 Å². The van der Waals surface area contributed by atoms with Gasteiger partial charge in [-0.3, -0.25) is 0 Å². The van der Waals surface area contributed by atoms with E-state index in [9.17, 15) is 0 Å². The Bertz CT molecular complexity index is 271. The van der Waals surface area contributed by atoms with Crippen LogP contribution in [0.15, 0.2) is 12.1 Å². The molecule has 0 aromatic heterocycles. The lowest BCUT2D eigenvalue weighted by Gasteiger charge is -2.04. The highest BCUT2D eigenvalue weighted by Crippen LogP contribution is 2.18. The van der Waals surface area contributed by atoms with Crippen molar-refractivity contribution in [2.45, 2.75) is 6.92 Å². The van der Waals surface area contributed by atoms with E-state index < -0.39 is 0 Å². The summed E-state index contributed by atoms with van der Waals surface area (Å²) < 4.78 is 0. The Morgan fingerprint density at radius 1 is 1.36 bits per heavy atom.